The molecule has 5 atom stereocenters. The molecule has 2 saturated carbocycles. The van der Waals surface area contributed by atoms with Gasteiger partial charge < -0.3 is 10.1 Å². The predicted molar refractivity (Wildman–Crippen MR) is 81.3 cm³/mol. The van der Waals surface area contributed by atoms with E-state index in [0.717, 1.165) is 24.3 Å². The molecule has 2 nitrogen and oxygen atoms in total. The Bertz CT molecular complexity index is 283. The molecule has 0 aromatic heterocycles. The molecule has 0 aromatic carbocycles. The topological polar surface area (TPSA) is 21.3 Å². The van der Waals surface area contributed by atoms with E-state index >= 15 is 0 Å². The van der Waals surface area contributed by atoms with E-state index < -0.39 is 0 Å². The third kappa shape index (κ3) is 3.52. The van der Waals surface area contributed by atoms with Crippen molar-refractivity contribution in [3.8, 4) is 0 Å². The summed E-state index contributed by atoms with van der Waals surface area (Å²) in [5.74, 6) is 3.01. The molecule has 2 heteroatoms. The summed E-state index contributed by atoms with van der Waals surface area (Å²) in [6.45, 7) is 10.1. The van der Waals surface area contributed by atoms with Gasteiger partial charge in [-0.3, -0.25) is 0 Å². The molecule has 0 amide bonds. The first kappa shape index (κ1) is 15.3. The van der Waals surface area contributed by atoms with Gasteiger partial charge in [0.25, 0.3) is 0 Å². The first-order valence-corrected chi connectivity index (χ1v) is 8.21. The molecule has 1 N–H and O–H groups in total. The Morgan fingerprint density at radius 3 is 2.37 bits per heavy atom. The van der Waals surface area contributed by atoms with Crippen molar-refractivity contribution in [1.82, 2.24) is 5.32 Å². The van der Waals surface area contributed by atoms with Crippen LogP contribution in [0.1, 0.15) is 59.8 Å². The zero-order valence-electron chi connectivity index (χ0n) is 13.5. The van der Waals surface area contributed by atoms with Crippen LogP contribution in [0.15, 0.2) is 0 Å². The molecule has 0 heterocycles. The molecule has 19 heavy (non-hydrogen) atoms. The van der Waals surface area contributed by atoms with Crippen molar-refractivity contribution in [2.75, 3.05) is 13.7 Å². The van der Waals surface area contributed by atoms with Crippen molar-refractivity contribution in [3.63, 3.8) is 0 Å². The van der Waals surface area contributed by atoms with Gasteiger partial charge in [-0.15, -0.1) is 0 Å². The molecule has 0 aliphatic heterocycles. The van der Waals surface area contributed by atoms with Crippen LogP contribution in [0.3, 0.4) is 0 Å². The maximum Gasteiger partial charge on any atom is 0.0772 e. The molecule has 0 aromatic rings. The second-order valence-electron chi connectivity index (χ2n) is 7.86. The zero-order valence-corrected chi connectivity index (χ0v) is 13.5. The number of methoxy groups -OCH3 is 1. The molecule has 2 aliphatic rings. The Labute approximate surface area is 119 Å². The molecular formula is C17H33NO. The lowest BCUT2D eigenvalue weighted by Gasteiger charge is -2.38. The summed E-state index contributed by atoms with van der Waals surface area (Å²) in [4.78, 5) is 0. The van der Waals surface area contributed by atoms with E-state index in [2.05, 4.69) is 33.0 Å². The summed E-state index contributed by atoms with van der Waals surface area (Å²) in [5.41, 5.74) is 0.208. The molecule has 2 rings (SSSR count). The third-order valence-corrected chi connectivity index (χ3v) is 5.38. The summed E-state index contributed by atoms with van der Waals surface area (Å²) in [5, 5.41) is 3.70. The van der Waals surface area contributed by atoms with E-state index in [1.807, 2.05) is 7.11 Å². The Balaban J connectivity index is 1.99. The molecule has 0 saturated heterocycles. The number of likely N-dealkylation sites (N-methyl/N-ethyl adjacent to an activating group) is 1. The van der Waals surface area contributed by atoms with Crippen LogP contribution >= 0.6 is 0 Å². The molecule has 5 unspecified atom stereocenters. The van der Waals surface area contributed by atoms with Crippen LogP contribution in [-0.4, -0.2) is 25.8 Å². The summed E-state index contributed by atoms with van der Waals surface area (Å²) in [6, 6.07) is 0.513. The predicted octanol–water partition coefficient (Wildman–Crippen LogP) is 3.85. The number of ether oxygens (including phenoxy) is 1. The van der Waals surface area contributed by atoms with Gasteiger partial charge in [0.2, 0.25) is 0 Å². The summed E-state index contributed by atoms with van der Waals surface area (Å²) in [7, 11) is 1.88. The molecule has 0 radical (unpaired) electrons. The maximum absolute atomic E-state index is 5.86. The van der Waals surface area contributed by atoms with E-state index in [4.69, 9.17) is 4.74 Å². The zero-order chi connectivity index (χ0) is 14.0. The van der Waals surface area contributed by atoms with Gasteiger partial charge in [-0.25, -0.2) is 0 Å². The van der Waals surface area contributed by atoms with Gasteiger partial charge >= 0.3 is 0 Å². The van der Waals surface area contributed by atoms with Crippen LogP contribution in [0, 0.1) is 23.2 Å². The van der Waals surface area contributed by atoms with Gasteiger partial charge in [-0.1, -0.05) is 34.1 Å². The van der Waals surface area contributed by atoms with Gasteiger partial charge in [-0.05, 0) is 55.4 Å². The number of nitrogens with one attached hydrogen (secondary N) is 1. The molecule has 2 fully saturated rings. The second kappa shape index (κ2) is 6.13. The highest BCUT2D eigenvalue weighted by atomic mass is 16.5. The SMILES string of the molecule is CCNC(CC1CC2CCC1C2)C(OC)C(C)(C)C. The lowest BCUT2D eigenvalue weighted by molar-refractivity contribution is -0.0185. The first-order valence-electron chi connectivity index (χ1n) is 8.21. The first-order chi connectivity index (χ1) is 8.95. The quantitative estimate of drug-likeness (QED) is 0.789. The molecule has 2 bridgehead atoms. The van der Waals surface area contributed by atoms with E-state index in [9.17, 15) is 0 Å². The van der Waals surface area contributed by atoms with Gasteiger partial charge in [0.1, 0.15) is 0 Å². The molecular weight excluding hydrogens is 234 g/mol. The van der Waals surface area contributed by atoms with E-state index in [1.54, 1.807) is 0 Å². The Kier molecular flexibility index (Phi) is 4.94. The van der Waals surface area contributed by atoms with Crippen molar-refractivity contribution >= 4 is 0 Å². The second-order valence-corrected chi connectivity index (χ2v) is 7.86. The van der Waals surface area contributed by atoms with Crippen molar-refractivity contribution in [3.05, 3.63) is 0 Å². The van der Waals surface area contributed by atoms with E-state index in [-0.39, 0.29) is 5.41 Å². The van der Waals surface area contributed by atoms with Crippen molar-refractivity contribution in [2.45, 2.75) is 71.9 Å². The summed E-state index contributed by atoms with van der Waals surface area (Å²) >= 11 is 0. The molecule has 112 valence electrons. The lowest BCUT2D eigenvalue weighted by atomic mass is 9.77. The minimum absolute atomic E-state index is 0.208. The fourth-order valence-corrected chi connectivity index (χ4v) is 4.69. The maximum atomic E-state index is 5.86. The fraction of sp³-hybridized carbons (Fsp3) is 1.00. The minimum Gasteiger partial charge on any atom is -0.379 e. The Morgan fingerprint density at radius 2 is 1.95 bits per heavy atom. The van der Waals surface area contributed by atoms with Gasteiger partial charge in [0.15, 0.2) is 0 Å². The highest BCUT2D eigenvalue weighted by Gasteiger charge is 2.42. The van der Waals surface area contributed by atoms with Crippen molar-refractivity contribution in [1.29, 1.82) is 0 Å². The van der Waals surface area contributed by atoms with E-state index in [0.29, 0.717) is 12.1 Å². The smallest absolute Gasteiger partial charge is 0.0772 e. The average Bonchev–Trinajstić information content (AvgIpc) is 2.90. The van der Waals surface area contributed by atoms with E-state index in [1.165, 1.54) is 32.1 Å². The highest BCUT2D eigenvalue weighted by molar-refractivity contribution is 4.95. The monoisotopic (exact) mass is 267 g/mol. The Morgan fingerprint density at radius 1 is 1.21 bits per heavy atom. The number of rotatable bonds is 6. The fourth-order valence-electron chi connectivity index (χ4n) is 4.69. The van der Waals surface area contributed by atoms with Crippen LogP contribution in [0.5, 0.6) is 0 Å². The van der Waals surface area contributed by atoms with Crippen LogP contribution < -0.4 is 5.32 Å². The van der Waals surface area contributed by atoms with Crippen molar-refractivity contribution in [2.24, 2.45) is 23.2 Å². The van der Waals surface area contributed by atoms with Crippen LogP contribution in [0.4, 0.5) is 0 Å². The van der Waals surface area contributed by atoms with Gasteiger partial charge in [0, 0.05) is 13.2 Å². The normalized spacial score (nSPS) is 33.6. The van der Waals surface area contributed by atoms with Gasteiger partial charge in [-0.2, -0.15) is 0 Å². The van der Waals surface area contributed by atoms with Crippen LogP contribution in [-0.2, 0) is 4.74 Å². The van der Waals surface area contributed by atoms with Crippen LogP contribution in [0.2, 0.25) is 0 Å². The standard InChI is InChI=1S/C17H33NO/c1-6-18-15(16(19-5)17(2,3)4)11-14-10-12-7-8-13(14)9-12/h12-16,18H,6-11H2,1-5H3. The van der Waals surface area contributed by atoms with Gasteiger partial charge in [0.05, 0.1) is 6.10 Å². The lowest BCUT2D eigenvalue weighted by Crippen LogP contribution is -2.49. The number of fused-ring (bicyclic) bond motifs is 2. The highest BCUT2D eigenvalue weighted by Crippen LogP contribution is 2.50. The molecule has 0 spiro atoms. The minimum atomic E-state index is 0.208. The van der Waals surface area contributed by atoms with Crippen molar-refractivity contribution < 1.29 is 4.74 Å². The molecule has 2 aliphatic carbocycles. The number of hydrogen-bond donors (Lipinski definition) is 1. The average molecular weight is 267 g/mol. The number of hydrogen-bond acceptors (Lipinski definition) is 2. The Hall–Kier alpha value is -0.0800. The third-order valence-electron chi connectivity index (χ3n) is 5.38. The largest absolute Gasteiger partial charge is 0.379 e. The van der Waals surface area contributed by atoms with Crippen LogP contribution in [0.25, 0.3) is 0 Å². The summed E-state index contributed by atoms with van der Waals surface area (Å²) < 4.78 is 5.86. The summed E-state index contributed by atoms with van der Waals surface area (Å²) in [6.07, 6.45) is 7.60.